The van der Waals surface area contributed by atoms with Crippen molar-refractivity contribution in [2.24, 2.45) is 10.9 Å². The van der Waals surface area contributed by atoms with Crippen LogP contribution in [0, 0.1) is 5.92 Å². The van der Waals surface area contributed by atoms with Crippen LogP contribution >= 0.6 is 0 Å². The summed E-state index contributed by atoms with van der Waals surface area (Å²) >= 11 is 0. The fourth-order valence-corrected chi connectivity index (χ4v) is 2.74. The second-order valence-electron chi connectivity index (χ2n) is 5.99. The number of hydrogen-bond donors (Lipinski definition) is 2. The average Bonchev–Trinajstić information content (AvgIpc) is 2.83. The predicted octanol–water partition coefficient (Wildman–Crippen LogP) is 2.13. The Morgan fingerprint density at radius 3 is 2.69 bits per heavy atom. The molecule has 26 heavy (non-hydrogen) atoms. The summed E-state index contributed by atoms with van der Waals surface area (Å²) in [6.45, 7) is 3.55. The van der Waals surface area contributed by atoms with Crippen molar-refractivity contribution in [1.29, 1.82) is 0 Å². The van der Waals surface area contributed by atoms with Gasteiger partial charge in [0.25, 0.3) is 5.91 Å². The molecule has 1 unspecified atom stereocenters. The van der Waals surface area contributed by atoms with E-state index >= 15 is 0 Å². The molecule has 6 nitrogen and oxygen atoms in total. The molecule has 0 spiro atoms. The van der Waals surface area contributed by atoms with Gasteiger partial charge in [0.2, 0.25) is 0 Å². The Labute approximate surface area is 150 Å². The van der Waals surface area contributed by atoms with Gasteiger partial charge in [0.15, 0.2) is 0 Å². The Hall–Kier alpha value is -2.71. The number of rotatable bonds is 7. The number of phenols is 1. The van der Waals surface area contributed by atoms with Gasteiger partial charge in [0.1, 0.15) is 17.3 Å². The molecule has 0 radical (unpaired) electrons. The van der Waals surface area contributed by atoms with Crippen molar-refractivity contribution in [2.45, 2.75) is 26.7 Å². The Morgan fingerprint density at radius 1 is 1.42 bits per heavy atom. The van der Waals surface area contributed by atoms with Crippen molar-refractivity contribution in [3.63, 3.8) is 0 Å². The summed E-state index contributed by atoms with van der Waals surface area (Å²) in [5, 5.41) is 18.5. The molecule has 1 heterocycles. The van der Waals surface area contributed by atoms with Crippen LogP contribution in [-0.4, -0.2) is 46.6 Å². The molecule has 2 rings (SSSR count). The first-order valence-electron chi connectivity index (χ1n) is 8.17. The van der Waals surface area contributed by atoms with Crippen LogP contribution in [0.25, 0.3) is 6.08 Å². The van der Waals surface area contributed by atoms with Crippen molar-refractivity contribution in [1.82, 2.24) is 4.90 Å². The first kappa shape index (κ1) is 19.6. The SMILES string of the molecule is CCC(CCN1C(=O)C(=Cc2ccc(O)cc2B(F)F)N=C1C)C(=O)O. The summed E-state index contributed by atoms with van der Waals surface area (Å²) in [6, 6.07) is 3.50. The van der Waals surface area contributed by atoms with E-state index in [0.717, 1.165) is 6.07 Å². The zero-order valence-electron chi connectivity index (χ0n) is 14.4. The Morgan fingerprint density at radius 2 is 2.12 bits per heavy atom. The van der Waals surface area contributed by atoms with Gasteiger partial charge in [-0.25, -0.2) is 4.99 Å². The number of phenolic OH excluding ortho intramolecular Hbond substituents is 1. The van der Waals surface area contributed by atoms with E-state index in [0.29, 0.717) is 12.3 Å². The highest BCUT2D eigenvalue weighted by molar-refractivity contribution is 6.61. The first-order chi connectivity index (χ1) is 12.2. The van der Waals surface area contributed by atoms with E-state index in [9.17, 15) is 23.3 Å². The zero-order valence-corrected chi connectivity index (χ0v) is 14.4. The van der Waals surface area contributed by atoms with Crippen LogP contribution in [0.4, 0.5) is 8.63 Å². The number of benzene rings is 1. The van der Waals surface area contributed by atoms with Crippen LogP contribution in [-0.2, 0) is 9.59 Å². The molecule has 1 aliphatic rings. The van der Waals surface area contributed by atoms with Gasteiger partial charge < -0.3 is 10.2 Å². The number of hydrogen-bond acceptors (Lipinski definition) is 4. The lowest BCUT2D eigenvalue weighted by Gasteiger charge is -2.18. The molecular formula is C17H19BF2N2O4. The van der Waals surface area contributed by atoms with Crippen LogP contribution < -0.4 is 5.46 Å². The molecule has 1 amide bonds. The molecule has 0 saturated carbocycles. The molecule has 0 fully saturated rings. The minimum atomic E-state index is -2.81. The smallest absolute Gasteiger partial charge is 0.508 e. The monoisotopic (exact) mass is 364 g/mol. The molecule has 1 atom stereocenters. The molecule has 0 bridgehead atoms. The van der Waals surface area contributed by atoms with Crippen LogP contribution in [0.5, 0.6) is 5.75 Å². The van der Waals surface area contributed by atoms with Gasteiger partial charge in [-0.15, -0.1) is 0 Å². The maximum atomic E-state index is 13.1. The fraction of sp³-hybridized carbons (Fsp3) is 0.353. The van der Waals surface area contributed by atoms with Crippen molar-refractivity contribution >= 4 is 36.5 Å². The van der Waals surface area contributed by atoms with E-state index in [1.807, 2.05) is 0 Å². The summed E-state index contributed by atoms with van der Waals surface area (Å²) in [6.07, 6.45) is 1.97. The van der Waals surface area contributed by atoms with E-state index in [-0.39, 0.29) is 30.0 Å². The van der Waals surface area contributed by atoms with E-state index in [4.69, 9.17) is 5.11 Å². The second-order valence-corrected chi connectivity index (χ2v) is 5.99. The quantitative estimate of drug-likeness (QED) is 0.573. The number of aromatic hydroxyl groups is 1. The van der Waals surface area contributed by atoms with Crippen LogP contribution in [0.3, 0.4) is 0 Å². The Balaban J connectivity index is 2.22. The van der Waals surface area contributed by atoms with Gasteiger partial charge in [-0.2, -0.15) is 0 Å². The maximum Gasteiger partial charge on any atom is 0.572 e. The number of nitrogens with zero attached hydrogens (tertiary/aromatic N) is 2. The number of aliphatic carboxylic acids is 1. The van der Waals surface area contributed by atoms with Gasteiger partial charge in [-0.1, -0.05) is 13.0 Å². The number of carboxylic acid groups (broad SMARTS) is 1. The molecule has 2 N–H and O–H groups in total. The normalized spacial score (nSPS) is 16.8. The molecule has 0 aromatic heterocycles. The summed E-state index contributed by atoms with van der Waals surface area (Å²) in [5.41, 5.74) is -0.302. The topological polar surface area (TPSA) is 90.2 Å². The van der Waals surface area contributed by atoms with Crippen molar-refractivity contribution < 1.29 is 28.4 Å². The number of aliphatic imine (C=N–C) groups is 1. The van der Waals surface area contributed by atoms with Crippen molar-refractivity contribution in [2.75, 3.05) is 6.54 Å². The summed E-state index contributed by atoms with van der Waals surface area (Å²) in [4.78, 5) is 29.1. The summed E-state index contributed by atoms with van der Waals surface area (Å²) in [5.74, 6) is -1.85. The van der Waals surface area contributed by atoms with E-state index in [1.165, 1.54) is 23.1 Å². The fourth-order valence-electron chi connectivity index (χ4n) is 2.74. The van der Waals surface area contributed by atoms with Crippen molar-refractivity contribution in [3.05, 3.63) is 29.5 Å². The van der Waals surface area contributed by atoms with Crippen molar-refractivity contribution in [3.8, 4) is 5.75 Å². The number of halogens is 2. The summed E-state index contributed by atoms with van der Waals surface area (Å²) in [7, 11) is -2.81. The van der Waals surface area contributed by atoms with Gasteiger partial charge in [0.05, 0.1) is 5.92 Å². The number of carbonyl (C=O) groups excluding carboxylic acids is 1. The van der Waals surface area contributed by atoms with E-state index in [2.05, 4.69) is 4.99 Å². The van der Waals surface area contributed by atoms with E-state index < -0.39 is 30.5 Å². The Kier molecular flexibility index (Phi) is 6.12. The maximum absolute atomic E-state index is 13.1. The third-order valence-corrected chi connectivity index (χ3v) is 4.28. The number of amides is 1. The highest BCUT2D eigenvalue weighted by Gasteiger charge is 2.29. The molecule has 1 aliphatic heterocycles. The molecule has 0 aliphatic carbocycles. The highest BCUT2D eigenvalue weighted by atomic mass is 19.2. The summed E-state index contributed by atoms with van der Waals surface area (Å²) < 4.78 is 26.3. The zero-order chi connectivity index (χ0) is 19.4. The number of amidine groups is 1. The molecule has 1 aromatic carbocycles. The molecule has 0 saturated heterocycles. The third-order valence-electron chi connectivity index (χ3n) is 4.28. The predicted molar refractivity (Wildman–Crippen MR) is 94.5 cm³/mol. The molecule has 9 heteroatoms. The van der Waals surface area contributed by atoms with Gasteiger partial charge in [-0.3, -0.25) is 23.1 Å². The molecule has 138 valence electrons. The van der Waals surface area contributed by atoms with E-state index in [1.54, 1.807) is 13.8 Å². The van der Waals surface area contributed by atoms with Gasteiger partial charge in [0, 0.05) is 12.0 Å². The lowest BCUT2D eigenvalue weighted by atomic mass is 9.81. The van der Waals surface area contributed by atoms with Crippen LogP contribution in [0.2, 0.25) is 0 Å². The largest absolute Gasteiger partial charge is 0.572 e. The van der Waals surface area contributed by atoms with Gasteiger partial charge in [-0.05, 0) is 43.5 Å². The Bertz CT molecular complexity index is 780. The number of carbonyl (C=O) groups is 2. The third kappa shape index (κ3) is 4.28. The van der Waals surface area contributed by atoms with Gasteiger partial charge >= 0.3 is 13.2 Å². The average molecular weight is 364 g/mol. The number of carboxylic acids is 1. The minimum Gasteiger partial charge on any atom is -0.508 e. The highest BCUT2D eigenvalue weighted by Crippen LogP contribution is 2.21. The second kappa shape index (κ2) is 8.12. The van der Waals surface area contributed by atoms with Crippen LogP contribution in [0.15, 0.2) is 28.9 Å². The lowest BCUT2D eigenvalue weighted by Crippen LogP contribution is -2.33. The molecular weight excluding hydrogens is 345 g/mol. The van der Waals surface area contributed by atoms with Crippen LogP contribution in [0.1, 0.15) is 32.3 Å². The first-order valence-corrected chi connectivity index (χ1v) is 8.17. The minimum absolute atomic E-state index is 0.00142. The lowest BCUT2D eigenvalue weighted by molar-refractivity contribution is -0.142. The molecule has 1 aromatic rings. The standard InChI is InChI=1S/C17H19BF2N2O4/c1-3-11(17(25)26)6-7-22-10(2)21-15(16(22)24)8-12-4-5-13(23)9-14(12)18(19)20/h4-5,8-9,11,23H,3,6-7H2,1-2H3,(H,25,26).